The highest BCUT2D eigenvalue weighted by Gasteiger charge is 2.29. The molecule has 1 aliphatic rings. The SMILES string of the molecule is CC(C)(C)OC(=O)NCCCCCCN(CCNCC(=O)O)C(=O)OCC1c2ccccc2-c2ccccc21. The standard InChI is InChI=1S/C30H41N3O6/c1-30(2,3)39-28(36)32-16-10-4-5-11-18-33(19-17-31-20-27(34)35)29(37)38-21-26-24-14-8-6-12-22(24)23-13-7-9-15-25(23)26/h6-9,12-15,26,31H,4-5,10-11,16-21H2,1-3H3,(H,32,36)(H,34,35). The lowest BCUT2D eigenvalue weighted by Gasteiger charge is -2.24. The molecule has 0 radical (unpaired) electrons. The number of fused-ring (bicyclic) bond motifs is 3. The van der Waals surface area contributed by atoms with Gasteiger partial charge in [-0.05, 0) is 55.9 Å². The van der Waals surface area contributed by atoms with E-state index in [1.165, 1.54) is 11.1 Å². The van der Waals surface area contributed by atoms with E-state index in [1.54, 1.807) is 4.90 Å². The molecule has 2 amide bonds. The Kier molecular flexibility index (Phi) is 11.2. The fourth-order valence-corrected chi connectivity index (χ4v) is 4.67. The Labute approximate surface area is 230 Å². The predicted molar refractivity (Wildman–Crippen MR) is 150 cm³/mol. The van der Waals surface area contributed by atoms with Crippen molar-refractivity contribution in [2.45, 2.75) is 58.0 Å². The second-order valence-electron chi connectivity index (χ2n) is 10.7. The lowest BCUT2D eigenvalue weighted by Crippen LogP contribution is -2.39. The van der Waals surface area contributed by atoms with Crippen molar-refractivity contribution in [2.75, 3.05) is 39.3 Å². The normalized spacial score (nSPS) is 12.4. The number of carboxylic acid groups (broad SMARTS) is 1. The van der Waals surface area contributed by atoms with Gasteiger partial charge in [-0.15, -0.1) is 0 Å². The quantitative estimate of drug-likeness (QED) is 0.289. The fourth-order valence-electron chi connectivity index (χ4n) is 4.67. The number of carbonyl (C=O) groups is 3. The zero-order valence-electron chi connectivity index (χ0n) is 23.2. The fraction of sp³-hybridized carbons (Fsp3) is 0.500. The first-order chi connectivity index (χ1) is 18.7. The number of hydrogen-bond acceptors (Lipinski definition) is 6. The topological polar surface area (TPSA) is 117 Å². The predicted octanol–water partition coefficient (Wildman–Crippen LogP) is 5.00. The maximum atomic E-state index is 13.1. The van der Waals surface area contributed by atoms with Gasteiger partial charge in [-0.2, -0.15) is 0 Å². The first kappa shape index (κ1) is 30.0. The van der Waals surface area contributed by atoms with E-state index < -0.39 is 23.8 Å². The van der Waals surface area contributed by atoms with Crippen LogP contribution in [-0.2, 0) is 14.3 Å². The molecule has 0 atom stereocenters. The van der Waals surface area contributed by atoms with Crippen LogP contribution in [-0.4, -0.2) is 73.1 Å². The molecule has 0 spiro atoms. The van der Waals surface area contributed by atoms with Crippen molar-refractivity contribution in [1.29, 1.82) is 0 Å². The van der Waals surface area contributed by atoms with Crippen molar-refractivity contribution in [3.05, 3.63) is 59.7 Å². The van der Waals surface area contributed by atoms with Gasteiger partial charge < -0.3 is 30.1 Å². The number of unbranched alkanes of at least 4 members (excludes halogenated alkanes) is 3. The van der Waals surface area contributed by atoms with Crippen LogP contribution < -0.4 is 10.6 Å². The molecule has 2 aromatic carbocycles. The van der Waals surface area contributed by atoms with Crippen LogP contribution in [0.1, 0.15) is 63.5 Å². The van der Waals surface area contributed by atoms with Crippen molar-refractivity contribution >= 4 is 18.2 Å². The molecule has 2 aromatic rings. The molecule has 0 aromatic heterocycles. The molecule has 212 valence electrons. The van der Waals surface area contributed by atoms with Crippen LogP contribution in [0.4, 0.5) is 9.59 Å². The summed E-state index contributed by atoms with van der Waals surface area (Å²) in [5.41, 5.74) is 4.13. The van der Waals surface area contributed by atoms with Crippen molar-refractivity contribution < 1.29 is 29.0 Å². The highest BCUT2D eigenvalue weighted by molar-refractivity contribution is 5.79. The summed E-state index contributed by atoms with van der Waals surface area (Å²) >= 11 is 0. The van der Waals surface area contributed by atoms with E-state index in [4.69, 9.17) is 14.6 Å². The number of rotatable bonds is 14. The van der Waals surface area contributed by atoms with Crippen LogP contribution >= 0.6 is 0 Å². The Hall–Kier alpha value is -3.59. The minimum Gasteiger partial charge on any atom is -0.480 e. The molecule has 3 N–H and O–H groups in total. The van der Waals surface area contributed by atoms with E-state index in [2.05, 4.69) is 34.9 Å². The van der Waals surface area contributed by atoms with Gasteiger partial charge in [-0.25, -0.2) is 9.59 Å². The Morgan fingerprint density at radius 2 is 1.49 bits per heavy atom. The molecule has 0 saturated heterocycles. The summed E-state index contributed by atoms with van der Waals surface area (Å²) in [5, 5.41) is 14.5. The average Bonchev–Trinajstić information content (AvgIpc) is 3.20. The van der Waals surface area contributed by atoms with E-state index in [0.717, 1.165) is 36.8 Å². The molecule has 9 nitrogen and oxygen atoms in total. The van der Waals surface area contributed by atoms with Gasteiger partial charge in [0.05, 0.1) is 6.54 Å². The molecule has 3 rings (SSSR count). The van der Waals surface area contributed by atoms with Crippen LogP contribution in [0.15, 0.2) is 48.5 Å². The molecule has 1 aliphatic carbocycles. The van der Waals surface area contributed by atoms with Crippen LogP contribution in [0, 0.1) is 0 Å². The zero-order valence-corrected chi connectivity index (χ0v) is 23.2. The molecular formula is C30H41N3O6. The first-order valence-corrected chi connectivity index (χ1v) is 13.6. The van der Waals surface area contributed by atoms with Crippen LogP contribution in [0.2, 0.25) is 0 Å². The number of benzene rings is 2. The molecule has 0 saturated carbocycles. The zero-order chi connectivity index (χ0) is 28.3. The number of ether oxygens (including phenoxy) is 2. The Morgan fingerprint density at radius 1 is 0.872 bits per heavy atom. The second-order valence-corrected chi connectivity index (χ2v) is 10.7. The van der Waals surface area contributed by atoms with Crippen molar-refractivity contribution in [2.24, 2.45) is 0 Å². The molecule has 0 fully saturated rings. The summed E-state index contributed by atoms with van der Waals surface area (Å²) in [6, 6.07) is 16.4. The van der Waals surface area contributed by atoms with Gasteiger partial charge in [0.15, 0.2) is 0 Å². The minimum atomic E-state index is -0.942. The summed E-state index contributed by atoms with van der Waals surface area (Å²) in [4.78, 5) is 37.3. The summed E-state index contributed by atoms with van der Waals surface area (Å²) < 4.78 is 11.1. The van der Waals surface area contributed by atoms with Crippen molar-refractivity contribution in [3.63, 3.8) is 0 Å². The lowest BCUT2D eigenvalue weighted by molar-refractivity contribution is -0.135. The van der Waals surface area contributed by atoms with Crippen LogP contribution in [0.5, 0.6) is 0 Å². The van der Waals surface area contributed by atoms with E-state index in [-0.39, 0.29) is 19.1 Å². The number of nitrogens with one attached hydrogen (secondary N) is 2. The summed E-state index contributed by atoms with van der Waals surface area (Å²) in [5.74, 6) is -0.964. The Bertz CT molecular complexity index is 1070. The number of alkyl carbamates (subject to hydrolysis) is 1. The molecule has 39 heavy (non-hydrogen) atoms. The van der Waals surface area contributed by atoms with Gasteiger partial charge >= 0.3 is 18.2 Å². The van der Waals surface area contributed by atoms with Gasteiger partial charge in [0.25, 0.3) is 0 Å². The number of hydrogen-bond donors (Lipinski definition) is 3. The van der Waals surface area contributed by atoms with E-state index in [9.17, 15) is 14.4 Å². The van der Waals surface area contributed by atoms with Gasteiger partial charge in [0.2, 0.25) is 0 Å². The third-order valence-electron chi connectivity index (χ3n) is 6.45. The van der Waals surface area contributed by atoms with E-state index in [1.807, 2.05) is 45.0 Å². The van der Waals surface area contributed by atoms with E-state index in [0.29, 0.717) is 26.2 Å². The Morgan fingerprint density at radius 3 is 2.10 bits per heavy atom. The van der Waals surface area contributed by atoms with Gasteiger partial charge in [-0.3, -0.25) is 4.79 Å². The third kappa shape index (κ3) is 9.58. The smallest absolute Gasteiger partial charge is 0.409 e. The average molecular weight is 540 g/mol. The van der Waals surface area contributed by atoms with Gasteiger partial charge in [0.1, 0.15) is 12.2 Å². The lowest BCUT2D eigenvalue weighted by atomic mass is 9.98. The maximum absolute atomic E-state index is 13.1. The number of amides is 2. The minimum absolute atomic E-state index is 0.0224. The van der Waals surface area contributed by atoms with Crippen molar-refractivity contribution in [3.8, 4) is 11.1 Å². The maximum Gasteiger partial charge on any atom is 0.409 e. The first-order valence-electron chi connectivity index (χ1n) is 13.6. The second kappa shape index (κ2) is 14.5. The highest BCUT2D eigenvalue weighted by Crippen LogP contribution is 2.44. The Balaban J connectivity index is 1.48. The number of nitrogens with zero attached hydrogens (tertiary/aromatic N) is 1. The third-order valence-corrected chi connectivity index (χ3v) is 6.45. The number of aliphatic carboxylic acids is 1. The molecule has 0 heterocycles. The summed E-state index contributed by atoms with van der Waals surface area (Å²) in [6.07, 6.45) is 2.54. The van der Waals surface area contributed by atoms with Gasteiger partial charge in [-0.1, -0.05) is 61.4 Å². The molecule has 0 unspecified atom stereocenters. The van der Waals surface area contributed by atoms with Crippen LogP contribution in [0.25, 0.3) is 11.1 Å². The number of carbonyl (C=O) groups excluding carboxylic acids is 2. The molecule has 0 aliphatic heterocycles. The summed E-state index contributed by atoms with van der Waals surface area (Å²) in [6.45, 7) is 7.30. The summed E-state index contributed by atoms with van der Waals surface area (Å²) in [7, 11) is 0. The molecule has 9 heteroatoms. The number of carboxylic acids is 1. The molecule has 0 bridgehead atoms. The monoisotopic (exact) mass is 539 g/mol. The largest absolute Gasteiger partial charge is 0.480 e. The van der Waals surface area contributed by atoms with Crippen molar-refractivity contribution in [1.82, 2.24) is 15.5 Å². The molecular weight excluding hydrogens is 498 g/mol. The van der Waals surface area contributed by atoms with Crippen LogP contribution in [0.3, 0.4) is 0 Å². The van der Waals surface area contributed by atoms with Gasteiger partial charge in [0, 0.05) is 32.1 Å². The van der Waals surface area contributed by atoms with E-state index >= 15 is 0 Å². The highest BCUT2D eigenvalue weighted by atomic mass is 16.6.